The van der Waals surface area contributed by atoms with E-state index in [4.69, 9.17) is 28.9 Å². The van der Waals surface area contributed by atoms with Crippen LogP contribution in [0.15, 0.2) is 60.7 Å². The zero-order valence-corrected chi connectivity index (χ0v) is 22.6. The van der Waals surface area contributed by atoms with Gasteiger partial charge in [0.15, 0.2) is 0 Å². The van der Waals surface area contributed by atoms with E-state index in [-0.39, 0.29) is 11.5 Å². The monoisotopic (exact) mass is 548 g/mol. The van der Waals surface area contributed by atoms with Crippen LogP contribution in [0.3, 0.4) is 0 Å². The molecule has 0 atom stereocenters. The Kier molecular flexibility index (Phi) is 9.81. The Morgan fingerprint density at radius 1 is 0.475 bits per heavy atom. The van der Waals surface area contributed by atoms with E-state index in [1.807, 2.05) is 48.5 Å². The van der Waals surface area contributed by atoms with Gasteiger partial charge in [-0.3, -0.25) is 0 Å². The Labute approximate surface area is 233 Å². The number of fused-ring (bicyclic) bond motifs is 2. The molecule has 1 fully saturated rings. The molecule has 10 heteroatoms. The molecule has 40 heavy (non-hydrogen) atoms. The van der Waals surface area contributed by atoms with Crippen LogP contribution < -0.4 is 9.80 Å². The number of hydrogen-bond acceptors (Lipinski definition) is 10. The zero-order chi connectivity index (χ0) is 27.6. The summed E-state index contributed by atoms with van der Waals surface area (Å²) in [7, 11) is 0. The largest absolute Gasteiger partial charge is 0.506 e. The summed E-state index contributed by atoms with van der Waals surface area (Å²) >= 11 is 0. The highest BCUT2D eigenvalue weighted by molar-refractivity contribution is 5.86. The second-order valence-corrected chi connectivity index (χ2v) is 9.46. The Balaban J connectivity index is 1.18. The highest BCUT2D eigenvalue weighted by Gasteiger charge is 2.13. The van der Waals surface area contributed by atoms with E-state index in [1.54, 1.807) is 12.1 Å². The Hall–Kier alpha value is -3.70. The van der Waals surface area contributed by atoms with Gasteiger partial charge in [0, 0.05) is 37.0 Å². The van der Waals surface area contributed by atoms with Gasteiger partial charge in [0.05, 0.1) is 52.9 Å². The number of hydrogen-bond donors (Lipinski definition) is 2. The van der Waals surface area contributed by atoms with Crippen molar-refractivity contribution in [3.8, 4) is 11.5 Å². The molecule has 5 rings (SSSR count). The highest BCUT2D eigenvalue weighted by atomic mass is 16.5. The van der Waals surface area contributed by atoms with Gasteiger partial charge < -0.3 is 39.0 Å². The molecule has 1 aliphatic rings. The van der Waals surface area contributed by atoms with Gasteiger partial charge in [-0.25, -0.2) is 9.97 Å². The van der Waals surface area contributed by atoms with Crippen LogP contribution in [0.4, 0.5) is 11.6 Å². The molecule has 2 N–H and O–H groups in total. The third kappa shape index (κ3) is 7.28. The van der Waals surface area contributed by atoms with E-state index < -0.39 is 0 Å². The number of aromatic hydroxyl groups is 2. The third-order valence-electron chi connectivity index (χ3n) is 6.78. The number of aromatic nitrogens is 2. The quantitative estimate of drug-likeness (QED) is 0.386. The maximum Gasteiger partial charge on any atom is 0.141 e. The second-order valence-electron chi connectivity index (χ2n) is 9.46. The van der Waals surface area contributed by atoms with Crippen LogP contribution in [0.2, 0.25) is 0 Å². The maximum atomic E-state index is 10.3. The summed E-state index contributed by atoms with van der Waals surface area (Å²) < 4.78 is 23.4. The predicted octanol–water partition coefficient (Wildman–Crippen LogP) is 3.59. The lowest BCUT2D eigenvalue weighted by Gasteiger charge is -2.25. The second kappa shape index (κ2) is 14.1. The lowest BCUT2D eigenvalue weighted by molar-refractivity contribution is 0.0435. The van der Waals surface area contributed by atoms with E-state index in [0.29, 0.717) is 90.1 Å². The van der Waals surface area contributed by atoms with Crippen LogP contribution in [0.1, 0.15) is 0 Å². The summed E-state index contributed by atoms with van der Waals surface area (Å²) in [5.41, 5.74) is 1.15. The van der Waals surface area contributed by atoms with Gasteiger partial charge in [0.2, 0.25) is 0 Å². The number of para-hydroxylation sites is 2. The van der Waals surface area contributed by atoms with Crippen molar-refractivity contribution in [1.82, 2.24) is 9.97 Å². The average molecular weight is 549 g/mol. The summed E-state index contributed by atoms with van der Waals surface area (Å²) in [5.74, 6) is 1.85. The average Bonchev–Trinajstić information content (AvgIpc) is 2.97. The summed E-state index contributed by atoms with van der Waals surface area (Å²) in [6.45, 7) is 6.41. The molecule has 0 bridgehead atoms. The smallest absolute Gasteiger partial charge is 0.141 e. The van der Waals surface area contributed by atoms with Gasteiger partial charge in [-0.2, -0.15) is 0 Å². The zero-order valence-electron chi connectivity index (χ0n) is 22.6. The van der Waals surface area contributed by atoms with Crippen molar-refractivity contribution in [3.63, 3.8) is 0 Å². The first-order chi connectivity index (χ1) is 19.7. The maximum absolute atomic E-state index is 10.3. The summed E-state index contributed by atoms with van der Waals surface area (Å²) in [4.78, 5) is 13.6. The molecule has 0 spiro atoms. The molecule has 0 radical (unpaired) electrons. The van der Waals surface area contributed by atoms with Crippen molar-refractivity contribution >= 4 is 33.4 Å². The molecule has 2 aromatic carbocycles. The normalized spacial score (nSPS) is 17.5. The van der Waals surface area contributed by atoms with Crippen molar-refractivity contribution in [1.29, 1.82) is 0 Å². The first-order valence-corrected chi connectivity index (χ1v) is 13.7. The lowest BCUT2D eigenvalue weighted by atomic mass is 10.2. The molecule has 0 unspecified atom stereocenters. The summed E-state index contributed by atoms with van der Waals surface area (Å²) in [6, 6.07) is 18.6. The molecule has 10 nitrogen and oxygen atoms in total. The van der Waals surface area contributed by atoms with Crippen LogP contribution in [-0.2, 0) is 18.9 Å². The molecule has 2 aromatic heterocycles. The van der Waals surface area contributed by atoms with Crippen molar-refractivity contribution in [2.45, 2.75) is 0 Å². The fourth-order valence-corrected chi connectivity index (χ4v) is 4.62. The number of anilines is 2. The van der Waals surface area contributed by atoms with E-state index in [9.17, 15) is 10.2 Å². The van der Waals surface area contributed by atoms with Gasteiger partial charge >= 0.3 is 0 Å². The molecule has 212 valence electrons. The van der Waals surface area contributed by atoms with Crippen molar-refractivity contribution in [3.05, 3.63) is 60.7 Å². The van der Waals surface area contributed by atoms with Crippen molar-refractivity contribution < 1.29 is 29.2 Å². The first-order valence-electron chi connectivity index (χ1n) is 13.7. The number of benzene rings is 2. The number of nitrogens with zero attached hydrogens (tertiary/aromatic N) is 4. The SMILES string of the molecule is Oc1cccc2ccc(N3CCOCCOCCN(c4ccc5cccc(O)c5n4)CCOCCOCC3)nc12. The molecular formula is C30H36N4O6. The Morgan fingerprint density at radius 3 is 1.23 bits per heavy atom. The number of phenols is 2. The van der Waals surface area contributed by atoms with Crippen LogP contribution in [0.5, 0.6) is 11.5 Å². The minimum absolute atomic E-state index is 0.163. The van der Waals surface area contributed by atoms with E-state index in [2.05, 4.69) is 9.80 Å². The van der Waals surface area contributed by atoms with Crippen molar-refractivity contribution in [2.75, 3.05) is 88.8 Å². The molecule has 1 aliphatic heterocycles. The minimum atomic E-state index is 0.163. The predicted molar refractivity (Wildman–Crippen MR) is 155 cm³/mol. The number of phenolic OH excluding ortho intramolecular Hbond substituents is 2. The van der Waals surface area contributed by atoms with Crippen LogP contribution in [0.25, 0.3) is 21.8 Å². The molecular weight excluding hydrogens is 512 g/mol. The topological polar surface area (TPSA) is 110 Å². The minimum Gasteiger partial charge on any atom is -0.506 e. The molecule has 3 heterocycles. The molecule has 0 aliphatic carbocycles. The highest BCUT2D eigenvalue weighted by Crippen LogP contribution is 2.26. The Morgan fingerprint density at radius 2 is 0.850 bits per heavy atom. The standard InChI is InChI=1S/C30H36N4O6/c35-25-5-1-3-23-7-9-27(31-29(23)25)33-11-15-37-19-21-39-17-13-34(14-18-40-22-20-38-16-12-33)28-10-8-24-4-2-6-26(36)30(24)32-28/h1-10,35-36H,11-22H2. The first kappa shape index (κ1) is 27.9. The molecule has 0 amide bonds. The van der Waals surface area contributed by atoms with E-state index >= 15 is 0 Å². The van der Waals surface area contributed by atoms with E-state index in [0.717, 1.165) is 22.4 Å². The lowest BCUT2D eigenvalue weighted by Crippen LogP contribution is -2.33. The molecule has 4 aromatic rings. The van der Waals surface area contributed by atoms with Crippen LogP contribution in [-0.4, -0.2) is 99.2 Å². The molecule has 0 saturated carbocycles. The van der Waals surface area contributed by atoms with Gasteiger partial charge in [-0.05, 0) is 36.4 Å². The van der Waals surface area contributed by atoms with Gasteiger partial charge in [-0.1, -0.05) is 24.3 Å². The number of ether oxygens (including phenoxy) is 4. The van der Waals surface area contributed by atoms with Gasteiger partial charge in [0.25, 0.3) is 0 Å². The van der Waals surface area contributed by atoms with Gasteiger partial charge in [0.1, 0.15) is 34.2 Å². The summed E-state index contributed by atoms with van der Waals surface area (Å²) in [5, 5.41) is 22.3. The third-order valence-corrected chi connectivity index (χ3v) is 6.78. The van der Waals surface area contributed by atoms with Gasteiger partial charge in [-0.15, -0.1) is 0 Å². The number of pyridine rings is 2. The molecule has 1 saturated heterocycles. The van der Waals surface area contributed by atoms with Crippen LogP contribution >= 0.6 is 0 Å². The van der Waals surface area contributed by atoms with Crippen LogP contribution in [0, 0.1) is 0 Å². The number of rotatable bonds is 2. The van der Waals surface area contributed by atoms with E-state index in [1.165, 1.54) is 0 Å². The fraction of sp³-hybridized carbons (Fsp3) is 0.400. The summed E-state index contributed by atoms with van der Waals surface area (Å²) in [6.07, 6.45) is 0. The fourth-order valence-electron chi connectivity index (χ4n) is 4.62. The van der Waals surface area contributed by atoms with Crippen molar-refractivity contribution in [2.24, 2.45) is 0 Å². The Bertz CT molecular complexity index is 1260.